The van der Waals surface area contributed by atoms with Crippen molar-refractivity contribution >= 4 is 11.7 Å². The van der Waals surface area contributed by atoms with Crippen LogP contribution in [0.4, 0.5) is 0 Å². The number of hydrogen-bond acceptors (Lipinski definition) is 3. The van der Waals surface area contributed by atoms with Gasteiger partial charge in [-0.2, -0.15) is 0 Å². The molecule has 9 heavy (non-hydrogen) atoms. The summed E-state index contributed by atoms with van der Waals surface area (Å²) >= 11 is 0. The first-order valence-corrected chi connectivity index (χ1v) is 2.63. The van der Waals surface area contributed by atoms with Crippen LogP contribution in [0, 0.1) is 0 Å². The molecule has 1 aliphatic rings. The maximum atomic E-state index is 10.6. The van der Waals surface area contributed by atoms with Crippen LogP contribution in [0.3, 0.4) is 0 Å². The minimum Gasteiger partial charge on any atom is -0.364 e. The minimum absolute atomic E-state index is 0.395. The van der Waals surface area contributed by atoms with Gasteiger partial charge in [0.15, 0.2) is 0 Å². The molecular formula is C5H7NO3. The molecule has 4 nitrogen and oxygen atoms in total. The van der Waals surface area contributed by atoms with Gasteiger partial charge in [0.2, 0.25) is 0 Å². The number of nitrogens with one attached hydrogen (secondary N) is 1. The lowest BCUT2D eigenvalue weighted by Gasteiger charge is -1.90. The number of carbonyl (C=O) groups is 2. The topological polar surface area (TPSA) is 58.7 Å². The maximum Gasteiger partial charge on any atom is 0.290 e. The van der Waals surface area contributed by atoms with E-state index in [2.05, 4.69) is 10.1 Å². The Morgan fingerprint density at radius 3 is 2.56 bits per heavy atom. The van der Waals surface area contributed by atoms with Crippen LogP contribution >= 0.6 is 0 Å². The van der Waals surface area contributed by atoms with Crippen LogP contribution in [0.2, 0.25) is 0 Å². The number of epoxide rings is 1. The predicted octanol–water partition coefficient (Wildman–Crippen LogP) is -1.30. The van der Waals surface area contributed by atoms with E-state index in [-0.39, 0.29) is 0 Å². The molecule has 0 aromatic rings. The highest BCUT2D eigenvalue weighted by molar-refractivity contribution is 6.38. The maximum absolute atomic E-state index is 10.6. The predicted molar refractivity (Wildman–Crippen MR) is 28.8 cm³/mol. The molecular weight excluding hydrogens is 122 g/mol. The molecule has 0 aromatic heterocycles. The summed E-state index contributed by atoms with van der Waals surface area (Å²) in [5, 5.41) is 2.22. The smallest absolute Gasteiger partial charge is 0.290 e. The molecule has 1 fully saturated rings. The van der Waals surface area contributed by atoms with E-state index >= 15 is 0 Å². The van der Waals surface area contributed by atoms with Crippen molar-refractivity contribution in [3.8, 4) is 0 Å². The molecule has 0 spiro atoms. The Morgan fingerprint density at radius 2 is 2.22 bits per heavy atom. The molecule has 1 heterocycles. The van der Waals surface area contributed by atoms with Gasteiger partial charge in [-0.25, -0.2) is 0 Å². The van der Waals surface area contributed by atoms with Crippen LogP contribution in [0.25, 0.3) is 0 Å². The summed E-state index contributed by atoms with van der Waals surface area (Å²) in [6.45, 7) is 0.395. The van der Waals surface area contributed by atoms with Crippen molar-refractivity contribution in [1.82, 2.24) is 5.32 Å². The van der Waals surface area contributed by atoms with E-state index in [4.69, 9.17) is 0 Å². The highest BCUT2D eigenvalue weighted by Gasteiger charge is 2.35. The van der Waals surface area contributed by atoms with Gasteiger partial charge in [0.1, 0.15) is 6.10 Å². The van der Waals surface area contributed by atoms with E-state index < -0.39 is 17.8 Å². The van der Waals surface area contributed by atoms with Gasteiger partial charge in [0.25, 0.3) is 11.7 Å². The molecule has 1 amide bonds. The van der Waals surface area contributed by atoms with E-state index in [0.29, 0.717) is 6.61 Å². The van der Waals surface area contributed by atoms with Crippen LogP contribution < -0.4 is 5.32 Å². The summed E-state index contributed by atoms with van der Waals surface area (Å²) < 4.78 is 4.58. The van der Waals surface area contributed by atoms with Crippen molar-refractivity contribution in [2.45, 2.75) is 6.10 Å². The lowest BCUT2D eigenvalue weighted by atomic mass is 10.3. The number of carbonyl (C=O) groups excluding carboxylic acids is 2. The fourth-order valence-corrected chi connectivity index (χ4v) is 0.469. The first-order chi connectivity index (χ1) is 4.25. The summed E-state index contributed by atoms with van der Waals surface area (Å²) in [6, 6.07) is 0. The van der Waals surface area contributed by atoms with Crippen LogP contribution in [0.5, 0.6) is 0 Å². The third-order valence-corrected chi connectivity index (χ3v) is 1.08. The Hall–Kier alpha value is -0.900. The highest BCUT2D eigenvalue weighted by Crippen LogP contribution is 2.09. The lowest BCUT2D eigenvalue weighted by molar-refractivity contribution is -0.138. The second-order valence-corrected chi connectivity index (χ2v) is 1.77. The quantitative estimate of drug-likeness (QED) is 0.372. The molecule has 1 N–H and O–H groups in total. The van der Waals surface area contributed by atoms with E-state index in [1.807, 2.05) is 0 Å². The first kappa shape index (κ1) is 6.22. The normalized spacial score (nSPS) is 23.0. The summed E-state index contributed by atoms with van der Waals surface area (Å²) in [7, 11) is 1.42. The van der Waals surface area contributed by atoms with E-state index in [1.54, 1.807) is 0 Å². The summed E-state index contributed by atoms with van der Waals surface area (Å²) in [4.78, 5) is 21.1. The zero-order chi connectivity index (χ0) is 6.85. The SMILES string of the molecule is CNC(=O)C(=O)C1CO1. The number of likely N-dealkylation sites (N-methyl/N-ethyl adjacent to an activating group) is 1. The fraction of sp³-hybridized carbons (Fsp3) is 0.600. The van der Waals surface area contributed by atoms with Gasteiger partial charge in [0.05, 0.1) is 6.61 Å². The highest BCUT2D eigenvalue weighted by atomic mass is 16.6. The summed E-state index contributed by atoms with van der Waals surface area (Å²) in [5.74, 6) is -1.05. The van der Waals surface area contributed by atoms with Crippen molar-refractivity contribution in [3.05, 3.63) is 0 Å². The Kier molecular flexibility index (Phi) is 1.48. The number of ketones is 1. The minimum atomic E-state index is -0.572. The molecule has 4 heteroatoms. The van der Waals surface area contributed by atoms with Crippen molar-refractivity contribution in [1.29, 1.82) is 0 Å². The third kappa shape index (κ3) is 1.26. The molecule has 1 saturated heterocycles. The largest absolute Gasteiger partial charge is 0.364 e. The zero-order valence-corrected chi connectivity index (χ0v) is 5.01. The second kappa shape index (κ2) is 2.14. The molecule has 50 valence electrons. The average Bonchev–Trinajstić information content (AvgIpc) is 2.66. The summed E-state index contributed by atoms with van der Waals surface area (Å²) in [6.07, 6.45) is -0.454. The van der Waals surface area contributed by atoms with Gasteiger partial charge < -0.3 is 10.1 Å². The zero-order valence-electron chi connectivity index (χ0n) is 5.01. The monoisotopic (exact) mass is 129 g/mol. The average molecular weight is 129 g/mol. The van der Waals surface area contributed by atoms with Crippen molar-refractivity contribution in [3.63, 3.8) is 0 Å². The molecule has 1 aliphatic heterocycles. The standard InChI is InChI=1S/C5H7NO3/c1-6-5(8)4(7)3-2-9-3/h3H,2H2,1H3,(H,6,8). The van der Waals surface area contributed by atoms with Crippen molar-refractivity contribution in [2.75, 3.05) is 13.7 Å². The molecule has 1 rings (SSSR count). The van der Waals surface area contributed by atoms with Crippen molar-refractivity contribution in [2.24, 2.45) is 0 Å². The van der Waals surface area contributed by atoms with Crippen LogP contribution in [0.1, 0.15) is 0 Å². The van der Waals surface area contributed by atoms with Gasteiger partial charge >= 0.3 is 0 Å². The lowest BCUT2D eigenvalue weighted by Crippen LogP contribution is -2.30. The molecule has 1 atom stereocenters. The molecule has 0 aromatic carbocycles. The summed E-state index contributed by atoms with van der Waals surface area (Å²) in [5.41, 5.74) is 0. The first-order valence-electron chi connectivity index (χ1n) is 2.63. The van der Waals surface area contributed by atoms with Crippen molar-refractivity contribution < 1.29 is 14.3 Å². The van der Waals surface area contributed by atoms with Gasteiger partial charge in [0, 0.05) is 7.05 Å². The fourth-order valence-electron chi connectivity index (χ4n) is 0.469. The molecule has 0 saturated carbocycles. The number of ether oxygens (including phenoxy) is 1. The number of amides is 1. The third-order valence-electron chi connectivity index (χ3n) is 1.08. The number of Topliss-reactive ketones (excluding diaryl/α,β-unsaturated/α-hetero) is 1. The van der Waals surface area contributed by atoms with Gasteiger partial charge in [-0.3, -0.25) is 9.59 Å². The number of hydrogen-bond donors (Lipinski definition) is 1. The molecule has 0 bridgehead atoms. The Labute approximate surface area is 52.2 Å². The molecule has 0 radical (unpaired) electrons. The number of rotatable bonds is 2. The van der Waals surface area contributed by atoms with Gasteiger partial charge in [-0.1, -0.05) is 0 Å². The molecule has 0 aliphatic carbocycles. The Morgan fingerprint density at radius 1 is 1.67 bits per heavy atom. The van der Waals surface area contributed by atoms with Crippen LogP contribution in [0.15, 0.2) is 0 Å². The second-order valence-electron chi connectivity index (χ2n) is 1.77. The van der Waals surface area contributed by atoms with Crippen LogP contribution in [-0.4, -0.2) is 31.4 Å². The Bertz CT molecular complexity index is 150. The van der Waals surface area contributed by atoms with E-state index in [9.17, 15) is 9.59 Å². The van der Waals surface area contributed by atoms with E-state index in [1.165, 1.54) is 7.05 Å². The van der Waals surface area contributed by atoms with Crippen LogP contribution in [-0.2, 0) is 14.3 Å². The van der Waals surface area contributed by atoms with E-state index in [0.717, 1.165) is 0 Å². The van der Waals surface area contributed by atoms with Gasteiger partial charge in [-0.05, 0) is 0 Å². The molecule has 1 unspecified atom stereocenters. The Balaban J connectivity index is 2.40. The van der Waals surface area contributed by atoms with Gasteiger partial charge in [-0.15, -0.1) is 0 Å².